The number of halogens is 5. The number of thiazole rings is 6. The molecule has 0 saturated heterocycles. The number of methoxy groups -OCH3 is 1. The van der Waals surface area contributed by atoms with E-state index in [2.05, 4.69) is 34.6 Å². The number of carbonyl (C=O) groups is 3. The van der Waals surface area contributed by atoms with Gasteiger partial charge in [0.25, 0.3) is 0 Å². The third-order valence-corrected chi connectivity index (χ3v) is 14.9. The number of ketones is 1. The Kier molecular flexibility index (Phi) is 22.5. The average Bonchev–Trinajstić information content (AvgIpc) is 4.25. The van der Waals surface area contributed by atoms with Crippen LogP contribution in [0.1, 0.15) is 84.4 Å². The molecule has 0 unspecified atom stereocenters. The van der Waals surface area contributed by atoms with Gasteiger partial charge in [0.15, 0.2) is 47.2 Å². The second-order valence-electron chi connectivity index (χ2n) is 14.8. The second kappa shape index (κ2) is 28.6. The minimum absolute atomic E-state index is 0.0574. The Balaban J connectivity index is 0.000000188. The number of esters is 1. The van der Waals surface area contributed by atoms with E-state index in [-0.39, 0.29) is 35.2 Å². The normalized spacial score (nSPS) is 11.4. The van der Waals surface area contributed by atoms with E-state index in [4.69, 9.17) is 10.8 Å². The summed E-state index contributed by atoms with van der Waals surface area (Å²) in [4.78, 5) is 62.3. The van der Waals surface area contributed by atoms with Gasteiger partial charge in [-0.1, -0.05) is 24.3 Å². The van der Waals surface area contributed by atoms with E-state index in [1.807, 2.05) is 10.8 Å². The number of aromatic nitrogens is 6. The maximum Gasteiger partial charge on any atom is 0.358 e. The molecule has 376 valence electrons. The number of rotatable bonds is 16. The van der Waals surface area contributed by atoms with E-state index >= 15 is 0 Å². The van der Waals surface area contributed by atoms with Gasteiger partial charge >= 0.3 is 11.9 Å². The summed E-state index contributed by atoms with van der Waals surface area (Å²) in [6.07, 6.45) is 10.5. The minimum atomic E-state index is -1.12. The molecule has 72 heavy (non-hydrogen) atoms. The van der Waals surface area contributed by atoms with Gasteiger partial charge in [-0.3, -0.25) is 4.79 Å². The van der Waals surface area contributed by atoms with E-state index in [9.17, 15) is 36.3 Å². The van der Waals surface area contributed by atoms with Crippen LogP contribution in [0.5, 0.6) is 0 Å². The summed E-state index contributed by atoms with van der Waals surface area (Å²) in [5.74, 6) is -2.29. The van der Waals surface area contributed by atoms with E-state index in [1.165, 1.54) is 105 Å². The van der Waals surface area contributed by atoms with Crippen LogP contribution in [0, 0.1) is 11.6 Å². The molecule has 3 N–H and O–H groups in total. The molecule has 0 bridgehead atoms. The van der Waals surface area contributed by atoms with Crippen LogP contribution in [0.25, 0.3) is 48.3 Å². The van der Waals surface area contributed by atoms with Gasteiger partial charge in [-0.15, -0.1) is 68.0 Å². The van der Waals surface area contributed by atoms with Crippen molar-refractivity contribution in [2.75, 3.05) is 27.1 Å². The molecule has 6 aromatic heterocycles. The number of aryl methyl sites for hydroxylation is 1. The van der Waals surface area contributed by atoms with Crippen LogP contribution in [-0.4, -0.2) is 79.9 Å². The standard InChI is InChI=1S/C19H16F2N2OS2.C12H11FN2O2S2.C11H9FN2O2S2.C7H8FN/c1-12(11-20)10-16-17(23-19(26-16)18-22-8-9-25-18)15(24)7-4-13-2-5-14(21)6-3-13;1-7(6-13)5-8-9(12(16)17-2)15-11(19-8)10-14-3-4-18-10;1-6(5-12)4-7-8(11(15)16)14-10(18-7)9-13-2-3-17-9;8-7-3-1-6(5-9)2-4-7/h2-3,5-6,8-10H,4,7,11H2,1H3;3-5H,6H2,1-2H3;2-4H,5H2,1H3,(H,15,16);1-4H,5,9H2/b12-10+;7-5+;6-4+;. The van der Waals surface area contributed by atoms with Crippen LogP contribution in [-0.2, 0) is 17.7 Å². The van der Waals surface area contributed by atoms with Gasteiger partial charge in [0.05, 0.1) is 21.7 Å². The van der Waals surface area contributed by atoms with Crippen molar-refractivity contribution in [1.29, 1.82) is 0 Å². The Morgan fingerprint density at radius 1 is 0.583 bits per heavy atom. The maximum atomic E-state index is 13.0. The lowest BCUT2D eigenvalue weighted by Crippen LogP contribution is -2.04. The molecule has 0 atom stereocenters. The fourth-order valence-corrected chi connectivity index (χ4v) is 10.9. The van der Waals surface area contributed by atoms with Gasteiger partial charge in [-0.25, -0.2) is 61.4 Å². The number of carboxylic acid groups (broad SMARTS) is 1. The van der Waals surface area contributed by atoms with Gasteiger partial charge in [-0.05, 0) is 97.5 Å². The average molecular weight is 1100 g/mol. The highest BCUT2D eigenvalue weighted by Crippen LogP contribution is 2.34. The molecule has 23 heteroatoms. The Hall–Kier alpha value is -6.34. The van der Waals surface area contributed by atoms with Crippen molar-refractivity contribution in [3.05, 3.63) is 154 Å². The summed E-state index contributed by atoms with van der Waals surface area (Å²) < 4.78 is 67.7. The number of carbonyl (C=O) groups excluding carboxylic acids is 2. The highest BCUT2D eigenvalue weighted by Gasteiger charge is 2.22. The highest BCUT2D eigenvalue weighted by atomic mass is 32.1. The number of alkyl halides is 3. The number of hydrogen-bond acceptors (Lipinski definition) is 17. The van der Waals surface area contributed by atoms with Gasteiger partial charge in [0.2, 0.25) is 0 Å². The number of ether oxygens (including phenoxy) is 1. The number of carboxylic acids is 1. The van der Waals surface area contributed by atoms with Gasteiger partial charge in [0.1, 0.15) is 37.4 Å². The SMILES string of the molecule is C/C(=C\c1sc(-c2nccs2)nc1C(=O)CCc1ccc(F)cc1)CF.C/C(=C\c1sc(-c2nccs2)nc1C(=O)O)CF.COC(=O)c1nc(-c2nccs2)sc1/C=C(\C)CF.NCc1ccc(F)cc1. The number of aromatic carboxylic acids is 1. The summed E-state index contributed by atoms with van der Waals surface area (Å²) in [5.41, 5.74) is 9.13. The van der Waals surface area contributed by atoms with Crippen LogP contribution in [0.4, 0.5) is 22.0 Å². The Labute approximate surface area is 434 Å². The van der Waals surface area contributed by atoms with Crippen LogP contribution in [0.15, 0.2) is 100.0 Å². The summed E-state index contributed by atoms with van der Waals surface area (Å²) in [6.45, 7) is 3.66. The topological polar surface area (TPSA) is 184 Å². The molecule has 0 fully saturated rings. The molecule has 0 aliphatic heterocycles. The van der Waals surface area contributed by atoms with Gasteiger partial charge in [0, 0.05) is 47.7 Å². The van der Waals surface area contributed by atoms with Crippen molar-refractivity contribution >= 4 is 104 Å². The van der Waals surface area contributed by atoms with Crippen molar-refractivity contribution in [2.24, 2.45) is 5.73 Å². The lowest BCUT2D eigenvalue weighted by Gasteiger charge is -2.01. The molecule has 0 aliphatic rings. The predicted molar refractivity (Wildman–Crippen MR) is 280 cm³/mol. The van der Waals surface area contributed by atoms with Crippen molar-refractivity contribution in [1.82, 2.24) is 29.9 Å². The Bertz CT molecular complexity index is 3080. The Morgan fingerprint density at radius 3 is 1.32 bits per heavy atom. The summed E-state index contributed by atoms with van der Waals surface area (Å²) in [6, 6.07) is 12.2. The predicted octanol–water partition coefficient (Wildman–Crippen LogP) is 13.6. The van der Waals surface area contributed by atoms with E-state index < -0.39 is 32.0 Å². The molecular weight excluding hydrogens is 1050 g/mol. The van der Waals surface area contributed by atoms with E-state index in [0.29, 0.717) is 70.0 Å². The zero-order valence-corrected chi connectivity index (χ0v) is 43.6. The van der Waals surface area contributed by atoms with Gasteiger partial charge < -0.3 is 15.6 Å². The molecule has 6 heterocycles. The highest BCUT2D eigenvalue weighted by molar-refractivity contribution is 7.22. The zero-order valence-electron chi connectivity index (χ0n) is 38.7. The first-order chi connectivity index (χ1) is 34.7. The molecular formula is C49H44F5N7O5S6. The molecule has 8 aromatic rings. The van der Waals surface area contributed by atoms with Crippen LogP contribution >= 0.6 is 68.0 Å². The number of Topliss-reactive ketones (excluding diaryl/α,β-unsaturated/α-hetero) is 1. The number of benzene rings is 2. The molecule has 0 amide bonds. The minimum Gasteiger partial charge on any atom is -0.476 e. The van der Waals surface area contributed by atoms with E-state index in [1.54, 1.807) is 81.2 Å². The summed E-state index contributed by atoms with van der Waals surface area (Å²) >= 11 is 8.09. The van der Waals surface area contributed by atoms with Crippen molar-refractivity contribution < 1.29 is 46.2 Å². The first kappa shape index (κ1) is 56.6. The first-order valence-electron chi connectivity index (χ1n) is 21.1. The molecule has 0 spiro atoms. The molecule has 2 aromatic carbocycles. The Morgan fingerprint density at radius 2 is 0.958 bits per heavy atom. The second-order valence-corrected chi connectivity index (χ2v) is 20.5. The number of allylic oxidation sites excluding steroid dienone is 3. The van der Waals surface area contributed by atoms with Crippen molar-refractivity contribution in [3.63, 3.8) is 0 Å². The quantitative estimate of drug-likeness (QED) is 0.0531. The smallest absolute Gasteiger partial charge is 0.358 e. The molecule has 0 aliphatic carbocycles. The van der Waals surface area contributed by atoms with Gasteiger partial charge in [-0.2, -0.15) is 0 Å². The van der Waals surface area contributed by atoms with Crippen LogP contribution < -0.4 is 5.73 Å². The molecule has 0 radical (unpaired) electrons. The molecule has 0 saturated carbocycles. The first-order valence-corrected chi connectivity index (χ1v) is 26.2. The fourth-order valence-electron chi connectivity index (χ4n) is 5.58. The number of hydrogen-bond donors (Lipinski definition) is 2. The largest absolute Gasteiger partial charge is 0.476 e. The molecule has 12 nitrogen and oxygen atoms in total. The van der Waals surface area contributed by atoms with Crippen molar-refractivity contribution in [2.45, 2.75) is 40.2 Å². The van der Waals surface area contributed by atoms with Crippen LogP contribution in [0.2, 0.25) is 0 Å². The van der Waals surface area contributed by atoms with Crippen LogP contribution in [0.3, 0.4) is 0 Å². The number of nitrogens with zero attached hydrogens (tertiary/aromatic N) is 6. The summed E-state index contributed by atoms with van der Waals surface area (Å²) in [5, 5.41) is 18.5. The maximum absolute atomic E-state index is 13.0. The zero-order chi connectivity index (χ0) is 52.2. The third kappa shape index (κ3) is 16.9. The van der Waals surface area contributed by atoms with E-state index in [0.717, 1.165) is 21.1 Å². The monoisotopic (exact) mass is 1100 g/mol. The third-order valence-electron chi connectivity index (χ3n) is 9.12. The lowest BCUT2D eigenvalue weighted by atomic mass is 10.1. The lowest BCUT2D eigenvalue weighted by molar-refractivity contribution is 0.0593. The number of nitrogens with two attached hydrogens (primary N) is 1. The summed E-state index contributed by atoms with van der Waals surface area (Å²) in [7, 11) is 1.29. The fraction of sp³-hybridized carbons (Fsp3) is 0.204. The molecule has 8 rings (SSSR count). The van der Waals surface area contributed by atoms with Crippen molar-refractivity contribution in [3.8, 4) is 30.0 Å².